The van der Waals surface area contributed by atoms with E-state index in [0.717, 1.165) is 6.07 Å². The molecule has 23 heavy (non-hydrogen) atoms. The van der Waals surface area contributed by atoms with Crippen LogP contribution in [-0.4, -0.2) is 15.4 Å². The molecule has 0 aliphatic rings. The van der Waals surface area contributed by atoms with Gasteiger partial charge in [-0.05, 0) is 18.2 Å². The first-order chi connectivity index (χ1) is 11.0. The van der Waals surface area contributed by atoms with Gasteiger partial charge in [-0.25, -0.2) is 4.79 Å². The molecule has 0 aliphatic heterocycles. The van der Waals surface area contributed by atoms with Crippen LogP contribution in [0.1, 0.15) is 10.4 Å². The third kappa shape index (κ3) is 2.42. The van der Waals surface area contributed by atoms with E-state index in [2.05, 4.69) is 0 Å². The highest BCUT2D eigenvalue weighted by molar-refractivity contribution is 5.97. The molecule has 114 valence electrons. The third-order valence-corrected chi connectivity index (χ3v) is 3.21. The van der Waals surface area contributed by atoms with Crippen LogP contribution in [-0.2, 0) is 0 Å². The van der Waals surface area contributed by atoms with Crippen molar-refractivity contribution >= 4 is 22.6 Å². The fourth-order valence-electron chi connectivity index (χ4n) is 2.13. The molecule has 0 bridgehead atoms. The van der Waals surface area contributed by atoms with Crippen molar-refractivity contribution in [3.8, 4) is 0 Å². The van der Waals surface area contributed by atoms with E-state index in [4.69, 9.17) is 4.42 Å². The number of carbonyl (C=O) groups is 1. The van der Waals surface area contributed by atoms with Crippen molar-refractivity contribution in [2.45, 2.75) is 0 Å². The van der Waals surface area contributed by atoms with Gasteiger partial charge in [0.05, 0.1) is 10.3 Å². The number of carbonyl (C=O) groups excluding carboxylic acids is 1. The molecule has 0 fully saturated rings. The van der Waals surface area contributed by atoms with Gasteiger partial charge in [0, 0.05) is 17.7 Å². The number of non-ortho nitro benzene ring substituents is 1. The summed E-state index contributed by atoms with van der Waals surface area (Å²) in [7, 11) is 0. The summed E-state index contributed by atoms with van der Waals surface area (Å²) in [5, 5.41) is 10.8. The molecular weight excluding hydrogens is 304 g/mol. The molecule has 0 unspecified atom stereocenters. The number of nitrogens with zero attached hydrogens (tertiary/aromatic N) is 2. The quantitative estimate of drug-likeness (QED) is 0.524. The zero-order chi connectivity index (χ0) is 16.6. The molecule has 0 radical (unpaired) electrons. The topological polar surface area (TPSA) is 112 Å². The lowest BCUT2D eigenvalue weighted by Gasteiger charge is -2.04. The summed E-state index contributed by atoms with van der Waals surface area (Å²) in [5.74, 6) is -2.14. The summed E-state index contributed by atoms with van der Waals surface area (Å²) in [5.41, 5.74) is -1.27. The van der Waals surface area contributed by atoms with Crippen molar-refractivity contribution in [3.05, 3.63) is 85.1 Å². The molecule has 0 saturated carbocycles. The summed E-state index contributed by atoms with van der Waals surface area (Å²) < 4.78 is 5.27. The fraction of sp³-hybridized carbons (Fsp3) is 0. The van der Waals surface area contributed by atoms with Crippen LogP contribution < -0.4 is 11.3 Å². The second kappa shape index (κ2) is 5.34. The zero-order valence-corrected chi connectivity index (χ0v) is 11.5. The molecule has 1 aromatic heterocycles. The van der Waals surface area contributed by atoms with Crippen LogP contribution in [0.25, 0.3) is 11.0 Å². The first kappa shape index (κ1) is 14.4. The second-order valence-electron chi connectivity index (χ2n) is 4.62. The lowest BCUT2D eigenvalue weighted by Crippen LogP contribution is -2.38. The Morgan fingerprint density at radius 3 is 2.57 bits per heavy atom. The van der Waals surface area contributed by atoms with Crippen LogP contribution >= 0.6 is 0 Å². The molecule has 0 amide bonds. The number of fused-ring (bicyclic) bond motifs is 1. The molecule has 0 saturated heterocycles. The highest BCUT2D eigenvalue weighted by Crippen LogP contribution is 2.14. The van der Waals surface area contributed by atoms with Gasteiger partial charge in [-0.3, -0.25) is 19.7 Å². The largest absolute Gasteiger partial charge is 0.429 e. The maximum absolute atomic E-state index is 12.4. The van der Waals surface area contributed by atoms with E-state index in [-0.39, 0.29) is 22.2 Å². The molecule has 1 heterocycles. The van der Waals surface area contributed by atoms with E-state index < -0.39 is 22.1 Å². The average molecular weight is 312 g/mol. The van der Waals surface area contributed by atoms with Gasteiger partial charge in [-0.15, -0.1) is 0 Å². The van der Waals surface area contributed by atoms with Crippen molar-refractivity contribution in [2.75, 3.05) is 0 Å². The molecule has 0 aliphatic carbocycles. The van der Waals surface area contributed by atoms with E-state index >= 15 is 0 Å². The van der Waals surface area contributed by atoms with Crippen LogP contribution in [0.3, 0.4) is 0 Å². The number of para-hydroxylation sites is 1. The van der Waals surface area contributed by atoms with Crippen molar-refractivity contribution in [1.29, 1.82) is 0 Å². The van der Waals surface area contributed by atoms with Crippen LogP contribution in [0, 0.1) is 10.1 Å². The molecule has 8 heteroatoms. The minimum absolute atomic E-state index is 0.0607. The van der Waals surface area contributed by atoms with E-state index in [1.165, 1.54) is 30.3 Å². The predicted molar refractivity (Wildman–Crippen MR) is 79.6 cm³/mol. The van der Waals surface area contributed by atoms with Gasteiger partial charge < -0.3 is 4.42 Å². The number of nitro groups is 1. The van der Waals surface area contributed by atoms with Gasteiger partial charge in [-0.2, -0.15) is 4.57 Å². The van der Waals surface area contributed by atoms with Crippen LogP contribution in [0.2, 0.25) is 0 Å². The van der Waals surface area contributed by atoms with Crippen molar-refractivity contribution in [2.24, 2.45) is 0 Å². The Hall–Kier alpha value is -3.55. The summed E-state index contributed by atoms with van der Waals surface area (Å²) in [6.07, 6.45) is 0. The van der Waals surface area contributed by atoms with Gasteiger partial charge in [0.15, 0.2) is 0 Å². The number of hydrogen-bond acceptors (Lipinski definition) is 6. The number of benzene rings is 2. The normalized spacial score (nSPS) is 10.6. The first-order valence-corrected chi connectivity index (χ1v) is 6.43. The Morgan fingerprint density at radius 2 is 1.83 bits per heavy atom. The standard InChI is InChI=1S/C15H8N2O6/c18-13(9-4-3-5-10(8-9)17(21)22)16-14(19)11-6-1-2-7-12(11)23-15(16)20/h1-8H. The molecule has 2 aromatic carbocycles. The van der Waals surface area contributed by atoms with Gasteiger partial charge in [-0.1, -0.05) is 18.2 Å². The smallest absolute Gasteiger partial charge is 0.409 e. The van der Waals surface area contributed by atoms with Crippen LogP contribution in [0.5, 0.6) is 0 Å². The van der Waals surface area contributed by atoms with E-state index in [1.807, 2.05) is 0 Å². The van der Waals surface area contributed by atoms with Crippen molar-refractivity contribution < 1.29 is 14.1 Å². The molecule has 0 spiro atoms. The Bertz CT molecular complexity index is 1060. The summed E-state index contributed by atoms with van der Waals surface area (Å²) in [4.78, 5) is 46.7. The Labute approximate surface area is 127 Å². The summed E-state index contributed by atoms with van der Waals surface area (Å²) >= 11 is 0. The van der Waals surface area contributed by atoms with Gasteiger partial charge in [0.1, 0.15) is 5.58 Å². The minimum atomic E-state index is -1.15. The van der Waals surface area contributed by atoms with Gasteiger partial charge >= 0.3 is 5.76 Å². The summed E-state index contributed by atoms with van der Waals surface area (Å²) in [6.45, 7) is 0. The average Bonchev–Trinajstić information content (AvgIpc) is 2.55. The lowest BCUT2D eigenvalue weighted by atomic mass is 10.2. The number of rotatable bonds is 2. The van der Waals surface area contributed by atoms with E-state index in [1.54, 1.807) is 12.1 Å². The fourth-order valence-corrected chi connectivity index (χ4v) is 2.13. The Kier molecular flexibility index (Phi) is 3.34. The second-order valence-corrected chi connectivity index (χ2v) is 4.62. The molecule has 3 aromatic rings. The summed E-state index contributed by atoms with van der Waals surface area (Å²) in [6, 6.07) is 10.7. The Morgan fingerprint density at radius 1 is 1.09 bits per heavy atom. The van der Waals surface area contributed by atoms with E-state index in [9.17, 15) is 24.5 Å². The molecular formula is C15H8N2O6. The molecule has 0 atom stereocenters. The third-order valence-electron chi connectivity index (χ3n) is 3.21. The Balaban J connectivity index is 2.23. The number of aromatic nitrogens is 1. The van der Waals surface area contributed by atoms with Crippen molar-refractivity contribution in [1.82, 2.24) is 4.57 Å². The molecule has 0 N–H and O–H groups in total. The van der Waals surface area contributed by atoms with Crippen LogP contribution in [0.15, 0.2) is 62.5 Å². The molecule has 3 rings (SSSR count). The zero-order valence-electron chi connectivity index (χ0n) is 11.5. The first-order valence-electron chi connectivity index (χ1n) is 6.43. The maximum atomic E-state index is 12.4. The highest BCUT2D eigenvalue weighted by Gasteiger charge is 2.19. The monoisotopic (exact) mass is 312 g/mol. The van der Waals surface area contributed by atoms with E-state index in [0.29, 0.717) is 4.57 Å². The number of nitro benzene ring substituents is 1. The lowest BCUT2D eigenvalue weighted by molar-refractivity contribution is -0.384. The van der Waals surface area contributed by atoms with Gasteiger partial charge in [0.2, 0.25) is 0 Å². The number of hydrogen-bond donors (Lipinski definition) is 0. The maximum Gasteiger partial charge on any atom is 0.429 e. The minimum Gasteiger partial charge on any atom is -0.409 e. The van der Waals surface area contributed by atoms with Gasteiger partial charge in [0.25, 0.3) is 17.2 Å². The predicted octanol–water partition coefficient (Wildman–Crippen LogP) is 1.55. The molecule has 8 nitrogen and oxygen atoms in total. The van der Waals surface area contributed by atoms with Crippen LogP contribution in [0.4, 0.5) is 5.69 Å². The highest BCUT2D eigenvalue weighted by atomic mass is 16.6. The SMILES string of the molecule is O=C(c1cccc([N+](=O)[O-])c1)n1c(=O)oc2ccccc2c1=O. The van der Waals surface area contributed by atoms with Crippen molar-refractivity contribution in [3.63, 3.8) is 0 Å².